The summed E-state index contributed by atoms with van der Waals surface area (Å²) in [5.74, 6) is 0.109. The van der Waals surface area contributed by atoms with Crippen LogP contribution < -0.4 is 0 Å². The number of rotatable bonds is 4. The zero-order valence-electron chi connectivity index (χ0n) is 15.2. The van der Waals surface area contributed by atoms with Gasteiger partial charge in [-0.05, 0) is 36.8 Å². The summed E-state index contributed by atoms with van der Waals surface area (Å²) in [6.45, 7) is 5.28. The second kappa shape index (κ2) is 6.58. The van der Waals surface area contributed by atoms with E-state index < -0.39 is 0 Å². The van der Waals surface area contributed by atoms with E-state index in [0.29, 0.717) is 6.54 Å². The fraction of sp³-hybridized carbons (Fsp3) is 0.350. The lowest BCUT2D eigenvalue weighted by molar-refractivity contribution is 0.0553. The van der Waals surface area contributed by atoms with Gasteiger partial charge in [-0.15, -0.1) is 11.3 Å². The summed E-state index contributed by atoms with van der Waals surface area (Å²) in [6.07, 6.45) is 5.72. The number of carbonyl (C=O) groups is 1. The Morgan fingerprint density at radius 1 is 1.15 bits per heavy atom. The molecule has 5 heterocycles. The minimum absolute atomic E-state index is 0.109. The number of aromatic nitrogens is 3. The number of fused-ring (bicyclic) bond motifs is 3. The van der Waals surface area contributed by atoms with Crippen LogP contribution in [0.5, 0.6) is 0 Å². The molecule has 27 heavy (non-hydrogen) atoms. The molecule has 0 N–H and O–H groups in total. The van der Waals surface area contributed by atoms with Crippen LogP contribution in [0.15, 0.2) is 48.2 Å². The molecule has 0 saturated carbocycles. The standard InChI is InChI=1S/C20H21N5OS/c1-14-22-16(13-27-14)10-25-19-12-23(9-15-4-6-21-7-5-15)11-18(19)24-8-2-3-17(24)20(25)26/h2-8,13,18-19H,9-12H2,1H3. The molecule has 6 nitrogen and oxygen atoms in total. The van der Waals surface area contributed by atoms with Crippen LogP contribution in [0.4, 0.5) is 0 Å². The van der Waals surface area contributed by atoms with Crippen LogP contribution in [0.3, 0.4) is 0 Å². The molecule has 1 fully saturated rings. The zero-order valence-corrected chi connectivity index (χ0v) is 16.0. The molecule has 0 bridgehead atoms. The predicted molar refractivity (Wildman–Crippen MR) is 103 cm³/mol. The molecule has 2 atom stereocenters. The third-order valence-corrected chi connectivity index (χ3v) is 6.33. The van der Waals surface area contributed by atoms with Gasteiger partial charge in [0.1, 0.15) is 5.69 Å². The molecule has 0 aliphatic carbocycles. The number of aryl methyl sites for hydroxylation is 1. The number of pyridine rings is 1. The summed E-state index contributed by atoms with van der Waals surface area (Å²) >= 11 is 1.64. The SMILES string of the molecule is Cc1nc(CN2C(=O)c3cccn3C3CN(Cc4ccncc4)CC32)cs1. The minimum atomic E-state index is 0.109. The summed E-state index contributed by atoms with van der Waals surface area (Å²) in [6, 6.07) is 8.49. The molecule has 3 aromatic rings. The first kappa shape index (κ1) is 16.6. The van der Waals surface area contributed by atoms with Crippen molar-refractivity contribution in [1.82, 2.24) is 24.3 Å². The first-order valence-corrected chi connectivity index (χ1v) is 10.1. The molecule has 1 amide bonds. The van der Waals surface area contributed by atoms with Gasteiger partial charge in [0.2, 0.25) is 0 Å². The van der Waals surface area contributed by atoms with Crippen molar-refractivity contribution in [3.05, 3.63) is 70.2 Å². The Kier molecular flexibility index (Phi) is 4.06. The highest BCUT2D eigenvalue weighted by molar-refractivity contribution is 7.09. The fourth-order valence-corrected chi connectivity index (χ4v) is 4.91. The van der Waals surface area contributed by atoms with Gasteiger partial charge in [0.05, 0.1) is 29.3 Å². The van der Waals surface area contributed by atoms with Gasteiger partial charge in [-0.3, -0.25) is 14.7 Å². The topological polar surface area (TPSA) is 54.3 Å². The van der Waals surface area contributed by atoms with Gasteiger partial charge in [0.25, 0.3) is 5.91 Å². The van der Waals surface area contributed by atoms with E-state index in [1.807, 2.05) is 42.5 Å². The molecule has 7 heteroatoms. The normalized spacial score (nSPS) is 22.1. The van der Waals surface area contributed by atoms with E-state index in [0.717, 1.165) is 36.0 Å². The first-order valence-electron chi connectivity index (χ1n) is 9.19. The van der Waals surface area contributed by atoms with E-state index in [1.165, 1.54) is 5.56 Å². The molecule has 2 unspecified atom stereocenters. The summed E-state index contributed by atoms with van der Waals surface area (Å²) in [5.41, 5.74) is 3.02. The molecule has 138 valence electrons. The van der Waals surface area contributed by atoms with Gasteiger partial charge in [-0.25, -0.2) is 4.98 Å². The number of amides is 1. The Hall–Kier alpha value is -2.51. The van der Waals surface area contributed by atoms with E-state index >= 15 is 0 Å². The third kappa shape index (κ3) is 2.96. The van der Waals surface area contributed by atoms with Gasteiger partial charge < -0.3 is 9.47 Å². The van der Waals surface area contributed by atoms with Gasteiger partial charge in [0, 0.05) is 43.6 Å². The second-order valence-corrected chi connectivity index (χ2v) is 8.34. The van der Waals surface area contributed by atoms with Crippen LogP contribution in [0.25, 0.3) is 0 Å². The number of hydrogen-bond donors (Lipinski definition) is 0. The average Bonchev–Trinajstić information content (AvgIpc) is 3.39. The van der Waals surface area contributed by atoms with Crippen LogP contribution in [-0.2, 0) is 13.1 Å². The highest BCUT2D eigenvalue weighted by Crippen LogP contribution is 2.35. The van der Waals surface area contributed by atoms with Crippen molar-refractivity contribution in [2.45, 2.75) is 32.1 Å². The Morgan fingerprint density at radius 3 is 2.74 bits per heavy atom. The lowest BCUT2D eigenvalue weighted by Gasteiger charge is -2.38. The van der Waals surface area contributed by atoms with Crippen LogP contribution >= 0.6 is 11.3 Å². The summed E-state index contributed by atoms with van der Waals surface area (Å²) < 4.78 is 2.17. The number of carbonyl (C=O) groups excluding carboxylic acids is 1. The summed E-state index contributed by atoms with van der Waals surface area (Å²) in [4.78, 5) is 26.3. The molecule has 5 rings (SSSR count). The fourth-order valence-electron chi connectivity index (χ4n) is 4.31. The molecular weight excluding hydrogens is 358 g/mol. The molecule has 2 aliphatic heterocycles. The molecule has 1 saturated heterocycles. The average molecular weight is 379 g/mol. The first-order chi connectivity index (χ1) is 13.2. The van der Waals surface area contributed by atoms with Gasteiger partial charge in [0.15, 0.2) is 0 Å². The Balaban J connectivity index is 1.43. The predicted octanol–water partition coefficient (Wildman–Crippen LogP) is 2.73. The minimum Gasteiger partial charge on any atom is -0.337 e. The summed E-state index contributed by atoms with van der Waals surface area (Å²) in [7, 11) is 0. The Morgan fingerprint density at radius 2 is 1.96 bits per heavy atom. The van der Waals surface area contributed by atoms with Crippen LogP contribution in [0.1, 0.15) is 32.8 Å². The largest absolute Gasteiger partial charge is 0.337 e. The molecular formula is C20H21N5OS. The van der Waals surface area contributed by atoms with E-state index in [-0.39, 0.29) is 18.0 Å². The molecule has 0 aromatic carbocycles. The van der Waals surface area contributed by atoms with E-state index in [2.05, 4.69) is 36.9 Å². The summed E-state index contributed by atoms with van der Waals surface area (Å²) in [5, 5.41) is 3.11. The van der Waals surface area contributed by atoms with Crippen LogP contribution in [0, 0.1) is 6.92 Å². The smallest absolute Gasteiger partial charge is 0.271 e. The van der Waals surface area contributed by atoms with Crippen LogP contribution in [0.2, 0.25) is 0 Å². The van der Waals surface area contributed by atoms with Crippen molar-refractivity contribution in [3.8, 4) is 0 Å². The monoisotopic (exact) mass is 379 g/mol. The van der Waals surface area contributed by atoms with E-state index in [9.17, 15) is 4.79 Å². The lowest BCUT2D eigenvalue weighted by Crippen LogP contribution is -2.49. The Labute approximate surface area is 162 Å². The van der Waals surface area contributed by atoms with Crippen molar-refractivity contribution in [2.75, 3.05) is 13.1 Å². The lowest BCUT2D eigenvalue weighted by atomic mass is 10.1. The molecule has 0 radical (unpaired) electrons. The van der Waals surface area contributed by atoms with Gasteiger partial charge in [-0.1, -0.05) is 0 Å². The molecule has 0 spiro atoms. The second-order valence-electron chi connectivity index (χ2n) is 7.28. The van der Waals surface area contributed by atoms with Crippen LogP contribution in [-0.4, -0.2) is 49.4 Å². The van der Waals surface area contributed by atoms with Crippen molar-refractivity contribution < 1.29 is 4.79 Å². The van der Waals surface area contributed by atoms with Crippen molar-refractivity contribution in [3.63, 3.8) is 0 Å². The number of likely N-dealkylation sites (tertiary alicyclic amines) is 1. The van der Waals surface area contributed by atoms with Crippen molar-refractivity contribution in [1.29, 1.82) is 0 Å². The molecule has 2 aliphatic rings. The quantitative estimate of drug-likeness (QED) is 0.699. The maximum Gasteiger partial charge on any atom is 0.271 e. The number of thiazole rings is 1. The van der Waals surface area contributed by atoms with E-state index in [4.69, 9.17) is 0 Å². The maximum absolute atomic E-state index is 13.2. The third-order valence-electron chi connectivity index (χ3n) is 5.51. The molecule has 3 aromatic heterocycles. The zero-order chi connectivity index (χ0) is 18.4. The highest BCUT2D eigenvalue weighted by Gasteiger charge is 2.44. The van der Waals surface area contributed by atoms with Gasteiger partial charge >= 0.3 is 0 Å². The number of nitrogens with zero attached hydrogens (tertiary/aromatic N) is 5. The van der Waals surface area contributed by atoms with Gasteiger partial charge in [-0.2, -0.15) is 0 Å². The van der Waals surface area contributed by atoms with Crippen molar-refractivity contribution >= 4 is 17.2 Å². The number of hydrogen-bond acceptors (Lipinski definition) is 5. The van der Waals surface area contributed by atoms with Crippen molar-refractivity contribution in [2.24, 2.45) is 0 Å². The van der Waals surface area contributed by atoms with E-state index in [1.54, 1.807) is 11.3 Å². The Bertz CT molecular complexity index is 966. The maximum atomic E-state index is 13.2. The highest BCUT2D eigenvalue weighted by atomic mass is 32.1.